The van der Waals surface area contributed by atoms with Gasteiger partial charge in [0.2, 0.25) is 0 Å². The maximum Gasteiger partial charge on any atom is 0.262 e. The lowest BCUT2D eigenvalue weighted by Crippen LogP contribution is -2.20. The number of hydrogen-bond donors (Lipinski definition) is 2. The second kappa shape index (κ2) is 5.86. The number of ether oxygens (including phenoxy) is 1. The van der Waals surface area contributed by atoms with Crippen LogP contribution in [0.1, 0.15) is 5.56 Å². The van der Waals surface area contributed by atoms with Crippen LogP contribution < -0.4 is 15.8 Å². The van der Waals surface area contributed by atoms with Crippen molar-refractivity contribution in [2.75, 3.05) is 17.7 Å². The van der Waals surface area contributed by atoms with E-state index >= 15 is 0 Å². The van der Waals surface area contributed by atoms with Gasteiger partial charge in [-0.15, -0.1) is 0 Å². The number of aromatic nitrogens is 1. The Morgan fingerprint density at radius 1 is 1.32 bits per heavy atom. The molecule has 0 aliphatic heterocycles. The third-order valence-corrected chi connectivity index (χ3v) is 2.56. The number of nitrogens with two attached hydrogens (primary N) is 1. The molecule has 2 rings (SSSR count). The number of anilines is 2. The maximum absolute atomic E-state index is 11.7. The minimum absolute atomic E-state index is 0.0573. The number of nitrogens with zero attached hydrogens (tertiary/aromatic N) is 1. The normalized spacial score (nSPS) is 9.95. The number of pyridine rings is 1. The van der Waals surface area contributed by atoms with Crippen LogP contribution in [-0.2, 0) is 4.79 Å². The Morgan fingerprint density at radius 3 is 2.74 bits per heavy atom. The van der Waals surface area contributed by atoms with Crippen molar-refractivity contribution in [1.29, 1.82) is 0 Å². The van der Waals surface area contributed by atoms with Crippen molar-refractivity contribution in [3.8, 4) is 5.75 Å². The van der Waals surface area contributed by atoms with E-state index in [0.717, 1.165) is 5.56 Å². The van der Waals surface area contributed by atoms with Crippen molar-refractivity contribution in [3.63, 3.8) is 0 Å². The first-order chi connectivity index (χ1) is 9.15. The molecule has 0 unspecified atom stereocenters. The molecule has 5 nitrogen and oxygen atoms in total. The SMILES string of the molecule is Cc1ccncc1NC(=O)COc1ccc(N)cc1. The standard InChI is InChI=1S/C14H15N3O2/c1-10-6-7-16-8-13(10)17-14(18)9-19-12-4-2-11(15)3-5-12/h2-8H,9,15H2,1H3,(H,17,18). The highest BCUT2D eigenvalue weighted by molar-refractivity contribution is 5.92. The van der Waals surface area contributed by atoms with Crippen LogP contribution in [0.15, 0.2) is 42.7 Å². The van der Waals surface area contributed by atoms with Gasteiger partial charge in [-0.25, -0.2) is 0 Å². The summed E-state index contributed by atoms with van der Waals surface area (Å²) in [6.07, 6.45) is 3.28. The fourth-order valence-electron chi connectivity index (χ4n) is 1.49. The summed E-state index contributed by atoms with van der Waals surface area (Å²) in [5, 5.41) is 2.74. The second-order valence-electron chi connectivity index (χ2n) is 4.10. The van der Waals surface area contributed by atoms with E-state index in [1.54, 1.807) is 36.7 Å². The molecule has 5 heteroatoms. The van der Waals surface area contributed by atoms with Gasteiger partial charge in [0.05, 0.1) is 11.9 Å². The van der Waals surface area contributed by atoms with Crippen LogP contribution in [0.3, 0.4) is 0 Å². The Kier molecular flexibility index (Phi) is 3.97. The predicted molar refractivity (Wildman–Crippen MR) is 74.0 cm³/mol. The Bertz CT molecular complexity index is 567. The van der Waals surface area contributed by atoms with Gasteiger partial charge in [0, 0.05) is 11.9 Å². The molecule has 0 aliphatic carbocycles. The first-order valence-electron chi connectivity index (χ1n) is 5.84. The summed E-state index contributed by atoms with van der Waals surface area (Å²) >= 11 is 0. The molecule has 0 bridgehead atoms. The van der Waals surface area contributed by atoms with Crippen LogP contribution in [0.25, 0.3) is 0 Å². The van der Waals surface area contributed by atoms with E-state index in [4.69, 9.17) is 10.5 Å². The highest BCUT2D eigenvalue weighted by Gasteiger charge is 2.05. The summed E-state index contributed by atoms with van der Waals surface area (Å²) in [5.74, 6) is 0.375. The van der Waals surface area contributed by atoms with E-state index in [2.05, 4.69) is 10.3 Å². The van der Waals surface area contributed by atoms with Crippen LogP contribution in [0.2, 0.25) is 0 Å². The van der Waals surface area contributed by atoms with Gasteiger partial charge in [-0.3, -0.25) is 9.78 Å². The number of nitrogens with one attached hydrogen (secondary N) is 1. The van der Waals surface area contributed by atoms with E-state index in [1.807, 2.05) is 13.0 Å². The zero-order valence-electron chi connectivity index (χ0n) is 10.6. The van der Waals surface area contributed by atoms with Crippen molar-refractivity contribution in [2.24, 2.45) is 0 Å². The molecule has 1 aromatic carbocycles. The third kappa shape index (κ3) is 3.70. The van der Waals surface area contributed by atoms with E-state index in [9.17, 15) is 4.79 Å². The number of hydrogen-bond acceptors (Lipinski definition) is 4. The molecule has 19 heavy (non-hydrogen) atoms. The molecule has 0 atom stereocenters. The van der Waals surface area contributed by atoms with Crippen molar-refractivity contribution in [3.05, 3.63) is 48.3 Å². The molecule has 0 saturated carbocycles. The molecule has 1 aromatic heterocycles. The fraction of sp³-hybridized carbons (Fsp3) is 0.143. The lowest BCUT2D eigenvalue weighted by Gasteiger charge is -2.09. The van der Waals surface area contributed by atoms with E-state index in [0.29, 0.717) is 17.1 Å². The van der Waals surface area contributed by atoms with E-state index in [1.165, 1.54) is 0 Å². The first-order valence-corrected chi connectivity index (χ1v) is 5.84. The number of amides is 1. The van der Waals surface area contributed by atoms with Gasteiger partial charge in [-0.1, -0.05) is 0 Å². The number of carbonyl (C=O) groups excluding carboxylic acids is 1. The first kappa shape index (κ1) is 12.9. The Labute approximate surface area is 111 Å². The van der Waals surface area contributed by atoms with Gasteiger partial charge in [0.25, 0.3) is 5.91 Å². The summed E-state index contributed by atoms with van der Waals surface area (Å²) < 4.78 is 5.35. The average Bonchev–Trinajstić information content (AvgIpc) is 2.41. The summed E-state index contributed by atoms with van der Waals surface area (Å²) in [6, 6.07) is 8.71. The number of carbonyl (C=O) groups is 1. The summed E-state index contributed by atoms with van der Waals surface area (Å²) in [6.45, 7) is 1.84. The van der Waals surface area contributed by atoms with Gasteiger partial charge in [-0.2, -0.15) is 0 Å². The minimum Gasteiger partial charge on any atom is -0.484 e. The molecule has 3 N–H and O–H groups in total. The third-order valence-electron chi connectivity index (χ3n) is 2.56. The zero-order chi connectivity index (χ0) is 13.7. The van der Waals surface area contributed by atoms with Gasteiger partial charge < -0.3 is 15.8 Å². The quantitative estimate of drug-likeness (QED) is 0.821. The molecule has 1 heterocycles. The summed E-state index contributed by atoms with van der Waals surface area (Å²) in [4.78, 5) is 15.7. The second-order valence-corrected chi connectivity index (χ2v) is 4.10. The van der Waals surface area contributed by atoms with Crippen molar-refractivity contribution in [2.45, 2.75) is 6.92 Å². The van der Waals surface area contributed by atoms with Gasteiger partial charge in [-0.05, 0) is 42.8 Å². The molecule has 0 saturated heterocycles. The van der Waals surface area contributed by atoms with Gasteiger partial charge in [0.15, 0.2) is 6.61 Å². The molecule has 2 aromatic rings. The number of aryl methyl sites for hydroxylation is 1. The molecule has 98 valence electrons. The molecule has 1 amide bonds. The van der Waals surface area contributed by atoms with E-state index < -0.39 is 0 Å². The Morgan fingerprint density at radius 2 is 2.05 bits per heavy atom. The summed E-state index contributed by atoms with van der Waals surface area (Å²) in [5.41, 5.74) is 7.86. The molecule has 0 spiro atoms. The highest BCUT2D eigenvalue weighted by atomic mass is 16.5. The molecule has 0 radical (unpaired) electrons. The minimum atomic E-state index is -0.229. The van der Waals surface area contributed by atoms with Crippen molar-refractivity contribution >= 4 is 17.3 Å². The van der Waals surface area contributed by atoms with Crippen molar-refractivity contribution in [1.82, 2.24) is 4.98 Å². The molecule has 0 fully saturated rings. The van der Waals surface area contributed by atoms with Crippen LogP contribution in [-0.4, -0.2) is 17.5 Å². The highest BCUT2D eigenvalue weighted by Crippen LogP contribution is 2.14. The smallest absolute Gasteiger partial charge is 0.262 e. The average molecular weight is 257 g/mol. The van der Waals surface area contributed by atoms with Crippen LogP contribution >= 0.6 is 0 Å². The van der Waals surface area contributed by atoms with Gasteiger partial charge >= 0.3 is 0 Å². The van der Waals surface area contributed by atoms with Crippen LogP contribution in [0.4, 0.5) is 11.4 Å². The molecular formula is C14H15N3O2. The van der Waals surface area contributed by atoms with Crippen LogP contribution in [0.5, 0.6) is 5.75 Å². The Balaban J connectivity index is 1.88. The molecule has 0 aliphatic rings. The summed E-state index contributed by atoms with van der Waals surface area (Å²) in [7, 11) is 0. The molecular weight excluding hydrogens is 242 g/mol. The Hall–Kier alpha value is -2.56. The van der Waals surface area contributed by atoms with Gasteiger partial charge in [0.1, 0.15) is 5.75 Å². The lowest BCUT2D eigenvalue weighted by atomic mass is 10.2. The monoisotopic (exact) mass is 257 g/mol. The predicted octanol–water partition coefficient (Wildman–Crippen LogP) is 1.99. The van der Waals surface area contributed by atoms with Crippen LogP contribution in [0, 0.1) is 6.92 Å². The topological polar surface area (TPSA) is 77.2 Å². The van der Waals surface area contributed by atoms with Crippen molar-refractivity contribution < 1.29 is 9.53 Å². The number of benzene rings is 1. The zero-order valence-corrected chi connectivity index (χ0v) is 10.6. The largest absolute Gasteiger partial charge is 0.484 e. The fourth-order valence-corrected chi connectivity index (χ4v) is 1.49. The lowest BCUT2D eigenvalue weighted by molar-refractivity contribution is -0.118. The number of nitrogen functional groups attached to an aromatic ring is 1. The maximum atomic E-state index is 11.7. The van der Waals surface area contributed by atoms with E-state index in [-0.39, 0.29) is 12.5 Å². The number of rotatable bonds is 4.